The monoisotopic (exact) mass is 366 g/mol. The highest BCUT2D eigenvalue weighted by Crippen LogP contribution is 2.11. The third-order valence-corrected chi connectivity index (χ3v) is 4.31. The zero-order valence-electron chi connectivity index (χ0n) is 15.5. The lowest BCUT2D eigenvalue weighted by atomic mass is 10.2. The summed E-state index contributed by atoms with van der Waals surface area (Å²) in [7, 11) is 1.72. The van der Waals surface area contributed by atoms with Crippen molar-refractivity contribution in [3.8, 4) is 5.75 Å². The van der Waals surface area contributed by atoms with Crippen LogP contribution in [0.5, 0.6) is 5.75 Å². The average Bonchev–Trinajstić information content (AvgIpc) is 2.69. The Morgan fingerprint density at radius 2 is 1.89 bits per heavy atom. The topological polar surface area (TPSA) is 77.3 Å². The highest BCUT2D eigenvalue weighted by atomic mass is 16.5. The molecular weight excluding hydrogens is 344 g/mol. The summed E-state index contributed by atoms with van der Waals surface area (Å²) in [5.74, 6) is 0.698. The molecule has 1 heterocycles. The molecule has 0 saturated carbocycles. The third-order valence-electron chi connectivity index (χ3n) is 4.31. The van der Waals surface area contributed by atoms with Gasteiger partial charge in [-0.2, -0.15) is 0 Å². The van der Waals surface area contributed by atoms with Crippen LogP contribution >= 0.6 is 0 Å². The largest absolute Gasteiger partial charge is 0.492 e. The number of aromatic nitrogens is 3. The van der Waals surface area contributed by atoms with Crippen molar-refractivity contribution in [1.82, 2.24) is 19.9 Å². The molecule has 3 rings (SSSR count). The Hall–Kier alpha value is -3.22. The van der Waals surface area contributed by atoms with Gasteiger partial charge in [-0.05, 0) is 31.2 Å². The summed E-state index contributed by atoms with van der Waals surface area (Å²) in [5.41, 5.74) is 1.48. The summed E-state index contributed by atoms with van der Waals surface area (Å²) < 4.78 is 6.87. The van der Waals surface area contributed by atoms with E-state index in [0.717, 1.165) is 5.75 Å². The van der Waals surface area contributed by atoms with Gasteiger partial charge in [0.05, 0.1) is 18.5 Å². The first-order valence-corrected chi connectivity index (χ1v) is 8.80. The van der Waals surface area contributed by atoms with E-state index < -0.39 is 0 Å². The number of rotatable bonds is 7. The van der Waals surface area contributed by atoms with E-state index in [1.807, 2.05) is 31.2 Å². The van der Waals surface area contributed by atoms with Gasteiger partial charge in [0, 0.05) is 13.5 Å². The molecule has 2 aromatic carbocycles. The third kappa shape index (κ3) is 4.69. The number of fused-ring (bicyclic) bond motifs is 1. The summed E-state index contributed by atoms with van der Waals surface area (Å²) in [4.78, 5) is 26.3. The van der Waals surface area contributed by atoms with Gasteiger partial charge in [-0.15, -0.1) is 5.10 Å². The van der Waals surface area contributed by atoms with E-state index in [4.69, 9.17) is 4.74 Å². The lowest BCUT2D eigenvalue weighted by molar-refractivity contribution is -0.130. The minimum atomic E-state index is -0.237. The SMILES string of the molecule is Cc1ccc(OCCN(C)C(=O)CCn2nnc3ccccc3c2=O)cc1. The van der Waals surface area contributed by atoms with Crippen LogP contribution in [0.25, 0.3) is 10.9 Å². The molecule has 0 fully saturated rings. The Balaban J connectivity index is 1.50. The molecule has 0 aliphatic carbocycles. The number of carbonyl (C=O) groups excluding carboxylic acids is 1. The Bertz CT molecular complexity index is 982. The van der Waals surface area contributed by atoms with Crippen molar-refractivity contribution >= 4 is 16.8 Å². The maximum Gasteiger partial charge on any atom is 0.277 e. The van der Waals surface area contributed by atoms with Crippen LogP contribution in [0.15, 0.2) is 53.3 Å². The Morgan fingerprint density at radius 1 is 1.15 bits per heavy atom. The molecule has 1 aromatic heterocycles. The number of hydrogen-bond acceptors (Lipinski definition) is 5. The highest BCUT2D eigenvalue weighted by molar-refractivity contribution is 5.77. The molecule has 7 heteroatoms. The fraction of sp³-hybridized carbons (Fsp3) is 0.300. The molecule has 3 aromatic rings. The maximum absolute atomic E-state index is 12.4. The summed E-state index contributed by atoms with van der Waals surface area (Å²) in [6, 6.07) is 14.8. The molecular formula is C20H22N4O3. The van der Waals surface area contributed by atoms with Crippen LogP contribution in [0.1, 0.15) is 12.0 Å². The molecule has 7 nitrogen and oxygen atoms in total. The second-order valence-electron chi connectivity index (χ2n) is 6.36. The van der Waals surface area contributed by atoms with Crippen molar-refractivity contribution in [3.05, 3.63) is 64.4 Å². The molecule has 140 valence electrons. The predicted octanol–water partition coefficient (Wildman–Crippen LogP) is 2.03. The molecule has 0 spiro atoms. The van der Waals surface area contributed by atoms with Gasteiger partial charge in [0.2, 0.25) is 5.91 Å². The average molecular weight is 366 g/mol. The number of hydrogen-bond donors (Lipinski definition) is 0. The summed E-state index contributed by atoms with van der Waals surface area (Å²) >= 11 is 0. The number of aryl methyl sites for hydroxylation is 2. The normalized spacial score (nSPS) is 10.7. The van der Waals surface area contributed by atoms with E-state index in [-0.39, 0.29) is 24.4 Å². The fourth-order valence-corrected chi connectivity index (χ4v) is 2.62. The van der Waals surface area contributed by atoms with Crippen LogP contribution in [0.4, 0.5) is 0 Å². The van der Waals surface area contributed by atoms with Crippen molar-refractivity contribution in [1.29, 1.82) is 0 Å². The van der Waals surface area contributed by atoms with Crippen LogP contribution in [-0.2, 0) is 11.3 Å². The molecule has 0 aliphatic heterocycles. The van der Waals surface area contributed by atoms with E-state index in [0.29, 0.717) is 24.1 Å². The first-order chi connectivity index (χ1) is 13.0. The second kappa shape index (κ2) is 8.44. The summed E-state index contributed by atoms with van der Waals surface area (Å²) in [6.45, 7) is 3.08. The summed E-state index contributed by atoms with van der Waals surface area (Å²) in [5, 5.41) is 8.43. The number of amides is 1. The van der Waals surface area contributed by atoms with Gasteiger partial charge in [0.1, 0.15) is 17.9 Å². The second-order valence-corrected chi connectivity index (χ2v) is 6.36. The smallest absolute Gasteiger partial charge is 0.277 e. The molecule has 1 amide bonds. The Labute approximate surface area is 157 Å². The zero-order valence-corrected chi connectivity index (χ0v) is 15.5. The predicted molar refractivity (Wildman–Crippen MR) is 103 cm³/mol. The van der Waals surface area contributed by atoms with Gasteiger partial charge in [-0.25, -0.2) is 4.68 Å². The maximum atomic E-state index is 12.4. The van der Waals surface area contributed by atoms with Crippen LogP contribution in [0.2, 0.25) is 0 Å². The number of carbonyl (C=O) groups is 1. The van der Waals surface area contributed by atoms with Crippen molar-refractivity contribution < 1.29 is 9.53 Å². The van der Waals surface area contributed by atoms with Gasteiger partial charge >= 0.3 is 0 Å². The zero-order chi connectivity index (χ0) is 19.2. The van der Waals surface area contributed by atoms with E-state index in [2.05, 4.69) is 10.3 Å². The lowest BCUT2D eigenvalue weighted by Crippen LogP contribution is -2.33. The van der Waals surface area contributed by atoms with Crippen LogP contribution in [0, 0.1) is 6.92 Å². The molecule has 0 atom stereocenters. The van der Waals surface area contributed by atoms with Crippen molar-refractivity contribution in [3.63, 3.8) is 0 Å². The molecule has 0 saturated heterocycles. The number of ether oxygens (including phenoxy) is 1. The highest BCUT2D eigenvalue weighted by Gasteiger charge is 2.11. The molecule has 0 bridgehead atoms. The standard InChI is InChI=1S/C20H22N4O3/c1-15-7-9-16(10-8-15)27-14-13-23(2)19(25)11-12-24-20(26)17-5-3-4-6-18(17)21-22-24/h3-10H,11-14H2,1-2H3. The number of likely N-dealkylation sites (N-methyl/N-ethyl adjacent to an activating group) is 1. The fourth-order valence-electron chi connectivity index (χ4n) is 2.62. The molecule has 0 aliphatic rings. The Kier molecular flexibility index (Phi) is 5.80. The molecule has 0 radical (unpaired) electrons. The summed E-state index contributed by atoms with van der Waals surface area (Å²) in [6.07, 6.45) is 0.175. The molecule has 0 unspecified atom stereocenters. The minimum absolute atomic E-state index is 0.0793. The molecule has 0 N–H and O–H groups in total. The van der Waals surface area contributed by atoms with Gasteiger partial charge in [0.25, 0.3) is 5.56 Å². The van der Waals surface area contributed by atoms with Crippen LogP contribution < -0.4 is 10.3 Å². The number of benzene rings is 2. The minimum Gasteiger partial charge on any atom is -0.492 e. The van der Waals surface area contributed by atoms with E-state index >= 15 is 0 Å². The van der Waals surface area contributed by atoms with E-state index in [1.54, 1.807) is 36.2 Å². The first kappa shape index (κ1) is 18.6. The number of nitrogens with zero attached hydrogens (tertiary/aromatic N) is 4. The van der Waals surface area contributed by atoms with Gasteiger partial charge < -0.3 is 9.64 Å². The van der Waals surface area contributed by atoms with Crippen molar-refractivity contribution in [2.45, 2.75) is 19.9 Å². The van der Waals surface area contributed by atoms with Gasteiger partial charge in [-0.3, -0.25) is 9.59 Å². The quantitative estimate of drug-likeness (QED) is 0.639. The van der Waals surface area contributed by atoms with Gasteiger partial charge in [0.15, 0.2) is 0 Å². The Morgan fingerprint density at radius 3 is 2.67 bits per heavy atom. The van der Waals surface area contributed by atoms with E-state index in [9.17, 15) is 9.59 Å². The van der Waals surface area contributed by atoms with Gasteiger partial charge in [-0.1, -0.05) is 35.0 Å². The first-order valence-electron chi connectivity index (χ1n) is 8.80. The molecule has 27 heavy (non-hydrogen) atoms. The van der Waals surface area contributed by atoms with Crippen LogP contribution in [0.3, 0.4) is 0 Å². The van der Waals surface area contributed by atoms with E-state index in [1.165, 1.54) is 10.2 Å². The lowest BCUT2D eigenvalue weighted by Gasteiger charge is -2.17. The van der Waals surface area contributed by atoms with Crippen molar-refractivity contribution in [2.24, 2.45) is 0 Å². The van der Waals surface area contributed by atoms with Crippen molar-refractivity contribution in [2.75, 3.05) is 20.2 Å². The van der Waals surface area contributed by atoms with Crippen LogP contribution in [-0.4, -0.2) is 46.0 Å².